The number of thiophene rings is 1. The molecule has 4 aromatic heterocycles. The highest BCUT2D eigenvalue weighted by atomic mass is 79.9. The highest BCUT2D eigenvalue weighted by Crippen LogP contribution is 2.39. The lowest BCUT2D eigenvalue weighted by Crippen LogP contribution is -2.52. The fourth-order valence-corrected chi connectivity index (χ4v) is 4.95. The molecule has 160 valence electrons. The highest BCUT2D eigenvalue weighted by molar-refractivity contribution is 9.10. The molecular formula is C21H21BrN6O2S. The molecule has 0 radical (unpaired) electrons. The van der Waals surface area contributed by atoms with E-state index in [0.29, 0.717) is 13.1 Å². The zero-order valence-electron chi connectivity index (χ0n) is 17.3. The normalized spacial score (nSPS) is 14.9. The number of rotatable bonds is 2. The lowest BCUT2D eigenvalue weighted by atomic mass is 10.1. The molecule has 0 aliphatic carbocycles. The third-order valence-corrected chi connectivity index (χ3v) is 6.51. The maximum absolute atomic E-state index is 12.4. The van der Waals surface area contributed by atoms with Crippen molar-refractivity contribution in [2.75, 3.05) is 18.8 Å². The van der Waals surface area contributed by atoms with E-state index in [-0.39, 0.29) is 18.1 Å². The van der Waals surface area contributed by atoms with E-state index >= 15 is 0 Å². The molecule has 0 unspecified atom stereocenters. The maximum atomic E-state index is 12.4. The van der Waals surface area contributed by atoms with Gasteiger partial charge in [0.05, 0.1) is 33.7 Å². The average Bonchev–Trinajstić information content (AvgIpc) is 3.23. The third-order valence-electron chi connectivity index (χ3n) is 5.17. The van der Waals surface area contributed by atoms with Crippen molar-refractivity contribution >= 4 is 60.4 Å². The summed E-state index contributed by atoms with van der Waals surface area (Å²) in [7, 11) is 0. The summed E-state index contributed by atoms with van der Waals surface area (Å²) in [5.74, 6) is 0.245. The summed E-state index contributed by atoms with van der Waals surface area (Å²) in [6, 6.07) is 4.07. The number of aromatic nitrogens is 4. The molecule has 0 saturated carbocycles. The Morgan fingerprint density at radius 3 is 2.84 bits per heavy atom. The van der Waals surface area contributed by atoms with E-state index in [1.807, 2.05) is 44.5 Å². The SMILES string of the molecule is CC(C)(C)OC(=O)N1CC(n2cc(-c3nc(N)nc4ccsc34)c3cc(Br)ncc32)C1. The van der Waals surface area contributed by atoms with Gasteiger partial charge in [-0.05, 0) is 54.2 Å². The van der Waals surface area contributed by atoms with Gasteiger partial charge in [-0.2, -0.15) is 0 Å². The van der Waals surface area contributed by atoms with E-state index in [1.165, 1.54) is 0 Å². The fraction of sp³-hybridized carbons (Fsp3) is 0.333. The summed E-state index contributed by atoms with van der Waals surface area (Å²) in [5, 5.41) is 3.01. The molecule has 0 bridgehead atoms. The predicted octanol–water partition coefficient (Wildman–Crippen LogP) is 4.84. The summed E-state index contributed by atoms with van der Waals surface area (Å²) in [5.41, 5.74) is 9.08. The minimum Gasteiger partial charge on any atom is -0.444 e. The van der Waals surface area contributed by atoms with Crippen molar-refractivity contribution in [2.45, 2.75) is 32.4 Å². The van der Waals surface area contributed by atoms with E-state index < -0.39 is 5.60 Å². The van der Waals surface area contributed by atoms with Crippen LogP contribution in [0, 0.1) is 0 Å². The molecule has 1 saturated heterocycles. The largest absolute Gasteiger partial charge is 0.444 e. The second kappa shape index (κ2) is 7.16. The van der Waals surface area contributed by atoms with Crippen molar-refractivity contribution in [3.05, 3.63) is 34.5 Å². The molecule has 5 heterocycles. The lowest BCUT2D eigenvalue weighted by molar-refractivity contribution is 0.00158. The maximum Gasteiger partial charge on any atom is 0.410 e. The Kier molecular flexibility index (Phi) is 4.67. The van der Waals surface area contributed by atoms with Gasteiger partial charge in [-0.1, -0.05) is 0 Å². The van der Waals surface area contributed by atoms with Crippen LogP contribution in [-0.2, 0) is 4.74 Å². The Morgan fingerprint density at radius 2 is 2.10 bits per heavy atom. The fourth-order valence-electron chi connectivity index (χ4n) is 3.78. The number of halogens is 1. The Morgan fingerprint density at radius 1 is 1.32 bits per heavy atom. The second-order valence-corrected chi connectivity index (χ2v) is 10.3. The van der Waals surface area contributed by atoms with Crippen molar-refractivity contribution in [1.82, 2.24) is 24.4 Å². The Labute approximate surface area is 191 Å². The van der Waals surface area contributed by atoms with Crippen LogP contribution >= 0.6 is 27.3 Å². The van der Waals surface area contributed by atoms with Gasteiger partial charge in [0.1, 0.15) is 10.2 Å². The van der Waals surface area contributed by atoms with E-state index in [9.17, 15) is 4.79 Å². The Bertz CT molecular complexity index is 1320. The summed E-state index contributed by atoms with van der Waals surface area (Å²) >= 11 is 5.08. The van der Waals surface area contributed by atoms with Gasteiger partial charge in [-0.25, -0.2) is 19.7 Å². The number of hydrogen-bond acceptors (Lipinski definition) is 7. The van der Waals surface area contributed by atoms with Gasteiger partial charge in [0.2, 0.25) is 5.95 Å². The van der Waals surface area contributed by atoms with Crippen LogP contribution in [0.15, 0.2) is 34.5 Å². The molecule has 0 aromatic carbocycles. The van der Waals surface area contributed by atoms with Crippen molar-refractivity contribution in [3.8, 4) is 11.3 Å². The van der Waals surface area contributed by atoms with Crippen LogP contribution in [0.5, 0.6) is 0 Å². The molecule has 0 atom stereocenters. The predicted molar refractivity (Wildman–Crippen MR) is 125 cm³/mol. The number of hydrogen-bond donors (Lipinski definition) is 1. The number of fused-ring (bicyclic) bond motifs is 2. The zero-order chi connectivity index (χ0) is 21.9. The number of nitrogen functional groups attached to an aromatic ring is 1. The molecule has 0 spiro atoms. The molecular weight excluding hydrogens is 480 g/mol. The van der Waals surface area contributed by atoms with Crippen molar-refractivity contribution in [3.63, 3.8) is 0 Å². The number of pyridine rings is 1. The first-order valence-corrected chi connectivity index (χ1v) is 11.5. The molecule has 1 aliphatic rings. The van der Waals surface area contributed by atoms with E-state index in [2.05, 4.69) is 41.6 Å². The van der Waals surface area contributed by atoms with E-state index in [4.69, 9.17) is 10.5 Å². The van der Waals surface area contributed by atoms with Gasteiger partial charge in [0.15, 0.2) is 0 Å². The van der Waals surface area contributed by atoms with E-state index in [0.717, 1.165) is 37.0 Å². The minimum absolute atomic E-state index is 0.129. The van der Waals surface area contributed by atoms with Crippen LogP contribution in [0.2, 0.25) is 0 Å². The Hall–Kier alpha value is -2.72. The summed E-state index contributed by atoms with van der Waals surface area (Å²) < 4.78 is 9.39. The van der Waals surface area contributed by atoms with Gasteiger partial charge in [0, 0.05) is 30.2 Å². The molecule has 5 rings (SSSR count). The summed E-state index contributed by atoms with van der Waals surface area (Å²) in [6.07, 6.45) is 3.64. The molecule has 1 fully saturated rings. The van der Waals surface area contributed by atoms with E-state index in [1.54, 1.807) is 16.2 Å². The number of ether oxygens (including phenoxy) is 1. The zero-order valence-corrected chi connectivity index (χ0v) is 19.7. The monoisotopic (exact) mass is 500 g/mol. The first-order valence-electron chi connectivity index (χ1n) is 9.85. The van der Waals surface area contributed by atoms with Gasteiger partial charge >= 0.3 is 6.09 Å². The molecule has 2 N–H and O–H groups in total. The molecule has 8 nitrogen and oxygen atoms in total. The van der Waals surface area contributed by atoms with Crippen molar-refractivity contribution in [2.24, 2.45) is 0 Å². The molecule has 1 amide bonds. The number of likely N-dealkylation sites (tertiary alicyclic amines) is 1. The third kappa shape index (κ3) is 3.63. The van der Waals surface area contributed by atoms with Gasteiger partial charge in [-0.15, -0.1) is 11.3 Å². The quantitative estimate of drug-likeness (QED) is 0.395. The lowest BCUT2D eigenvalue weighted by Gasteiger charge is -2.40. The second-order valence-electron chi connectivity index (χ2n) is 8.58. The van der Waals surface area contributed by atoms with Crippen LogP contribution in [0.1, 0.15) is 26.8 Å². The van der Waals surface area contributed by atoms with Crippen LogP contribution < -0.4 is 5.73 Å². The van der Waals surface area contributed by atoms with Crippen LogP contribution in [0.3, 0.4) is 0 Å². The van der Waals surface area contributed by atoms with Gasteiger partial charge in [0.25, 0.3) is 0 Å². The number of nitrogens with two attached hydrogens (primary N) is 1. The van der Waals surface area contributed by atoms with Gasteiger partial charge in [-0.3, -0.25) is 0 Å². The topological polar surface area (TPSA) is 99.2 Å². The number of carbonyl (C=O) groups excluding carboxylic acids is 1. The number of amides is 1. The molecule has 10 heteroatoms. The smallest absolute Gasteiger partial charge is 0.410 e. The summed E-state index contributed by atoms with van der Waals surface area (Å²) in [4.78, 5) is 27.4. The standard InChI is InChI=1S/C21H21BrN6O2S/c1-21(2,3)30-20(29)27-8-11(9-27)28-10-13(12-6-16(22)24-7-15(12)28)17-18-14(4-5-31-18)25-19(23)26-17/h4-7,10-11H,8-9H2,1-3H3,(H2,23,25,26). The van der Waals surface area contributed by atoms with Crippen LogP contribution in [-0.4, -0.2) is 49.2 Å². The molecule has 31 heavy (non-hydrogen) atoms. The molecule has 4 aromatic rings. The number of nitrogens with zero attached hydrogens (tertiary/aromatic N) is 5. The first-order chi connectivity index (χ1) is 14.7. The van der Waals surface area contributed by atoms with Crippen LogP contribution in [0.25, 0.3) is 32.4 Å². The summed E-state index contributed by atoms with van der Waals surface area (Å²) in [6.45, 7) is 6.77. The number of anilines is 1. The molecule has 1 aliphatic heterocycles. The van der Waals surface area contributed by atoms with Crippen molar-refractivity contribution in [1.29, 1.82) is 0 Å². The van der Waals surface area contributed by atoms with Gasteiger partial charge < -0.3 is 19.9 Å². The number of carbonyl (C=O) groups is 1. The van der Waals surface area contributed by atoms with Crippen molar-refractivity contribution < 1.29 is 9.53 Å². The minimum atomic E-state index is -0.509. The van der Waals surface area contributed by atoms with Crippen LogP contribution in [0.4, 0.5) is 10.7 Å². The Balaban J connectivity index is 1.55. The average molecular weight is 501 g/mol. The first kappa shape index (κ1) is 20.2. The highest BCUT2D eigenvalue weighted by Gasteiger charge is 2.35.